The first-order valence-corrected chi connectivity index (χ1v) is 8.47. The number of nitrogens with two attached hydrogens (primary N) is 1. The number of hydrogen-bond donors (Lipinski definition) is 3. The molecule has 0 fully saturated rings. The van der Waals surface area contributed by atoms with Crippen molar-refractivity contribution < 1.29 is 24.2 Å². The van der Waals surface area contributed by atoms with E-state index in [-0.39, 0.29) is 32.3 Å². The summed E-state index contributed by atoms with van der Waals surface area (Å²) in [6.07, 6.45) is -3.40. The Morgan fingerprint density at radius 3 is 2.19 bits per heavy atom. The Balaban J connectivity index is 3.07. The average Bonchev–Trinajstić information content (AvgIpc) is 2.56. The number of carboxylic acid groups (broad SMARTS) is 2. The van der Waals surface area contributed by atoms with Gasteiger partial charge in [-0.2, -0.15) is 4.90 Å². The van der Waals surface area contributed by atoms with Gasteiger partial charge in [0.15, 0.2) is 0 Å². The van der Waals surface area contributed by atoms with Crippen molar-refractivity contribution in [3.8, 4) is 11.1 Å². The average molecular weight is 395 g/mol. The minimum Gasteiger partial charge on any atom is -0.464 e. The van der Waals surface area contributed by atoms with E-state index in [2.05, 4.69) is 0 Å². The maximum Gasteiger partial charge on any atom is 0.421 e. The lowest BCUT2D eigenvalue weighted by molar-refractivity contribution is 0.184. The highest BCUT2D eigenvalue weighted by Crippen LogP contribution is 2.44. The lowest BCUT2D eigenvalue weighted by atomic mass is 9.88. The SMILES string of the molecule is Cc1ccc(-c2c(C(C)N)cc(Cl)c(C)c2N(C(=O)O)C(=O)O)c(C)c1F. The summed E-state index contributed by atoms with van der Waals surface area (Å²) in [6.45, 7) is 6.31. The van der Waals surface area contributed by atoms with Gasteiger partial charge in [0, 0.05) is 16.6 Å². The minimum atomic E-state index is -1.70. The molecule has 1 atom stereocenters. The van der Waals surface area contributed by atoms with Gasteiger partial charge in [-0.1, -0.05) is 23.7 Å². The molecule has 6 nitrogen and oxygen atoms in total. The lowest BCUT2D eigenvalue weighted by Gasteiger charge is -2.26. The first kappa shape index (κ1) is 20.7. The van der Waals surface area contributed by atoms with Gasteiger partial charge in [-0.05, 0) is 61.6 Å². The van der Waals surface area contributed by atoms with Crippen molar-refractivity contribution >= 4 is 29.5 Å². The second kappa shape index (κ2) is 7.54. The van der Waals surface area contributed by atoms with E-state index >= 15 is 0 Å². The molecule has 0 aromatic heterocycles. The quantitative estimate of drug-likeness (QED) is 0.659. The van der Waals surface area contributed by atoms with Crippen molar-refractivity contribution in [1.29, 1.82) is 0 Å². The Labute approximate surface area is 161 Å². The molecule has 8 heteroatoms. The summed E-state index contributed by atoms with van der Waals surface area (Å²) in [7, 11) is 0. The van der Waals surface area contributed by atoms with E-state index in [1.807, 2.05) is 0 Å². The van der Waals surface area contributed by atoms with Gasteiger partial charge in [0.1, 0.15) is 5.82 Å². The summed E-state index contributed by atoms with van der Waals surface area (Å²) in [5.74, 6) is -0.459. The third-order valence-electron chi connectivity index (χ3n) is 4.47. The van der Waals surface area contributed by atoms with Gasteiger partial charge in [0.05, 0.1) is 5.69 Å². The van der Waals surface area contributed by atoms with E-state index in [0.29, 0.717) is 16.7 Å². The standard InChI is InChI=1S/C19H20ClFN2O4/c1-8-5-6-12(9(2)16(8)21)15-13(11(4)22)7-14(20)10(3)17(15)23(18(24)25)19(26)27/h5-7,11H,22H2,1-4H3,(H,24,25)(H,26,27). The fourth-order valence-electron chi connectivity index (χ4n) is 3.04. The molecule has 0 saturated carbocycles. The Bertz CT molecular complexity index is 930. The number of rotatable bonds is 3. The Morgan fingerprint density at radius 1 is 1.15 bits per heavy atom. The Morgan fingerprint density at radius 2 is 1.70 bits per heavy atom. The summed E-state index contributed by atoms with van der Waals surface area (Å²) in [5.41, 5.74) is 7.81. The van der Waals surface area contributed by atoms with Gasteiger partial charge < -0.3 is 15.9 Å². The molecule has 4 N–H and O–H groups in total. The lowest BCUT2D eigenvalue weighted by Crippen LogP contribution is -2.36. The van der Waals surface area contributed by atoms with Crippen LogP contribution in [0.25, 0.3) is 11.1 Å². The van der Waals surface area contributed by atoms with Crippen LogP contribution in [0.1, 0.15) is 35.2 Å². The molecule has 0 radical (unpaired) electrons. The van der Waals surface area contributed by atoms with Crippen LogP contribution >= 0.6 is 11.6 Å². The van der Waals surface area contributed by atoms with Crippen LogP contribution in [0.2, 0.25) is 5.02 Å². The summed E-state index contributed by atoms with van der Waals surface area (Å²) in [4.78, 5) is 23.5. The second-order valence-electron chi connectivity index (χ2n) is 6.35. The van der Waals surface area contributed by atoms with Crippen LogP contribution in [-0.4, -0.2) is 22.4 Å². The maximum atomic E-state index is 14.5. The zero-order valence-electron chi connectivity index (χ0n) is 15.3. The number of benzene rings is 2. The molecule has 144 valence electrons. The second-order valence-corrected chi connectivity index (χ2v) is 6.76. The summed E-state index contributed by atoms with van der Waals surface area (Å²) >= 11 is 6.23. The maximum absolute atomic E-state index is 14.5. The first-order valence-electron chi connectivity index (χ1n) is 8.09. The van der Waals surface area contributed by atoms with E-state index in [9.17, 15) is 24.2 Å². The molecule has 2 aromatic rings. The zero-order valence-corrected chi connectivity index (χ0v) is 16.1. The van der Waals surface area contributed by atoms with Crippen molar-refractivity contribution in [3.05, 3.63) is 51.3 Å². The highest BCUT2D eigenvalue weighted by Gasteiger charge is 2.31. The number of halogens is 2. The summed E-state index contributed by atoms with van der Waals surface area (Å²) in [6, 6.07) is 4.11. The molecular weight excluding hydrogens is 375 g/mol. The van der Waals surface area contributed by atoms with Gasteiger partial charge >= 0.3 is 12.2 Å². The molecule has 2 aromatic carbocycles. The van der Waals surface area contributed by atoms with Crippen LogP contribution in [0.5, 0.6) is 0 Å². The van der Waals surface area contributed by atoms with E-state index in [0.717, 1.165) is 0 Å². The molecule has 1 unspecified atom stereocenters. The zero-order chi connectivity index (χ0) is 20.6. The minimum absolute atomic E-state index is 0.152. The Hall–Kier alpha value is -2.64. The first-order chi connectivity index (χ1) is 12.5. The summed E-state index contributed by atoms with van der Waals surface area (Å²) < 4.78 is 14.5. The molecule has 0 saturated heterocycles. The predicted octanol–water partition coefficient (Wildman–Crippen LogP) is 5.25. The highest BCUT2D eigenvalue weighted by atomic mass is 35.5. The van der Waals surface area contributed by atoms with Crippen LogP contribution in [-0.2, 0) is 0 Å². The normalized spacial score (nSPS) is 12.0. The third kappa shape index (κ3) is 3.61. The van der Waals surface area contributed by atoms with E-state index in [1.165, 1.54) is 6.92 Å². The van der Waals surface area contributed by atoms with Crippen LogP contribution in [0.15, 0.2) is 18.2 Å². The number of hydrogen-bond acceptors (Lipinski definition) is 3. The molecule has 0 aliphatic heterocycles. The van der Waals surface area contributed by atoms with Gasteiger partial charge in [0.25, 0.3) is 0 Å². The molecule has 0 aliphatic carbocycles. The smallest absolute Gasteiger partial charge is 0.421 e. The third-order valence-corrected chi connectivity index (χ3v) is 4.86. The van der Waals surface area contributed by atoms with Crippen LogP contribution < -0.4 is 10.6 Å². The molecule has 0 spiro atoms. The predicted molar refractivity (Wildman–Crippen MR) is 102 cm³/mol. The Kier molecular flexibility index (Phi) is 5.77. The number of nitrogens with zero attached hydrogens (tertiary/aromatic N) is 1. The fourth-order valence-corrected chi connectivity index (χ4v) is 3.25. The number of aryl methyl sites for hydroxylation is 1. The molecule has 2 rings (SSSR count). The van der Waals surface area contributed by atoms with E-state index in [4.69, 9.17) is 17.3 Å². The van der Waals surface area contributed by atoms with Crippen LogP contribution in [0, 0.1) is 26.6 Å². The number of imide groups is 1. The van der Waals surface area contributed by atoms with Crippen LogP contribution in [0.3, 0.4) is 0 Å². The van der Waals surface area contributed by atoms with Crippen molar-refractivity contribution in [2.24, 2.45) is 5.73 Å². The molecular formula is C19H20ClFN2O4. The van der Waals surface area contributed by atoms with Crippen molar-refractivity contribution in [2.75, 3.05) is 4.90 Å². The summed E-state index contributed by atoms with van der Waals surface area (Å²) in [5, 5.41) is 19.1. The van der Waals surface area contributed by atoms with Crippen molar-refractivity contribution in [1.82, 2.24) is 0 Å². The van der Waals surface area contributed by atoms with Gasteiger partial charge in [-0.3, -0.25) is 0 Å². The monoisotopic (exact) mass is 394 g/mol. The van der Waals surface area contributed by atoms with Crippen molar-refractivity contribution in [2.45, 2.75) is 33.7 Å². The van der Waals surface area contributed by atoms with Gasteiger partial charge in [-0.15, -0.1) is 0 Å². The van der Waals surface area contributed by atoms with E-state index in [1.54, 1.807) is 39.0 Å². The number of amides is 2. The highest BCUT2D eigenvalue weighted by molar-refractivity contribution is 6.32. The van der Waals surface area contributed by atoms with Crippen LogP contribution in [0.4, 0.5) is 19.7 Å². The molecule has 27 heavy (non-hydrogen) atoms. The number of carbonyl (C=O) groups is 2. The fraction of sp³-hybridized carbons (Fsp3) is 0.263. The molecule has 0 bridgehead atoms. The van der Waals surface area contributed by atoms with E-state index < -0.39 is 24.0 Å². The van der Waals surface area contributed by atoms with Gasteiger partial charge in [0.2, 0.25) is 0 Å². The molecule has 0 heterocycles. The molecule has 2 amide bonds. The van der Waals surface area contributed by atoms with Gasteiger partial charge in [-0.25, -0.2) is 14.0 Å². The largest absolute Gasteiger partial charge is 0.464 e. The topological polar surface area (TPSA) is 104 Å². The molecule has 0 aliphatic rings. The number of anilines is 1. The van der Waals surface area contributed by atoms with Crippen molar-refractivity contribution in [3.63, 3.8) is 0 Å².